The molecule has 5 nitrogen and oxygen atoms in total. The van der Waals surface area contributed by atoms with Gasteiger partial charge in [-0.2, -0.15) is 0 Å². The van der Waals surface area contributed by atoms with E-state index in [1.807, 2.05) is 0 Å². The molecule has 1 atom stereocenters. The van der Waals surface area contributed by atoms with Crippen molar-refractivity contribution >= 4 is 22.9 Å². The van der Waals surface area contributed by atoms with E-state index in [4.69, 9.17) is 14.6 Å². The van der Waals surface area contributed by atoms with Crippen LogP contribution in [0, 0.1) is 5.92 Å². The lowest BCUT2D eigenvalue weighted by atomic mass is 9.87. The minimum Gasteiger partial charge on any atom is -0.481 e. The highest BCUT2D eigenvalue weighted by atomic mass is 16.4. The Hall–Kier alpha value is -2.30. The third-order valence-corrected chi connectivity index (χ3v) is 3.65. The van der Waals surface area contributed by atoms with E-state index in [2.05, 4.69) is 0 Å². The summed E-state index contributed by atoms with van der Waals surface area (Å²) in [6, 6.07) is 4.72. The molecule has 5 heteroatoms. The zero-order valence-corrected chi connectivity index (χ0v) is 10.0. The van der Waals surface area contributed by atoms with Crippen molar-refractivity contribution < 1.29 is 24.2 Å². The number of carboxylic acid groups (broad SMARTS) is 2. The number of carbonyl (C=O) groups is 2. The molecule has 19 heavy (non-hydrogen) atoms. The van der Waals surface area contributed by atoms with Crippen molar-refractivity contribution in [3.05, 3.63) is 35.1 Å². The summed E-state index contributed by atoms with van der Waals surface area (Å²) >= 11 is 0. The van der Waals surface area contributed by atoms with E-state index in [0.29, 0.717) is 30.6 Å². The maximum atomic E-state index is 11.0. The van der Waals surface area contributed by atoms with Gasteiger partial charge in [0.15, 0.2) is 0 Å². The van der Waals surface area contributed by atoms with Gasteiger partial charge in [0, 0.05) is 17.4 Å². The van der Waals surface area contributed by atoms with Crippen molar-refractivity contribution in [2.45, 2.75) is 19.3 Å². The van der Waals surface area contributed by atoms with Crippen LogP contribution in [0.5, 0.6) is 0 Å². The van der Waals surface area contributed by atoms with E-state index in [1.54, 1.807) is 12.1 Å². The molecule has 0 bridgehead atoms. The van der Waals surface area contributed by atoms with Gasteiger partial charge in [0.2, 0.25) is 0 Å². The number of rotatable bonds is 2. The van der Waals surface area contributed by atoms with Crippen LogP contribution in [-0.2, 0) is 17.6 Å². The highest BCUT2D eigenvalue weighted by Crippen LogP contribution is 2.34. The average Bonchev–Trinajstić information content (AvgIpc) is 2.74. The van der Waals surface area contributed by atoms with Gasteiger partial charge in [-0.25, -0.2) is 4.79 Å². The van der Waals surface area contributed by atoms with E-state index in [-0.39, 0.29) is 5.56 Å². The Morgan fingerprint density at radius 1 is 1.26 bits per heavy atom. The molecule has 1 aromatic heterocycles. The molecule has 1 unspecified atom stereocenters. The smallest absolute Gasteiger partial charge is 0.335 e. The number of fused-ring (bicyclic) bond motifs is 3. The normalized spacial score (nSPS) is 18.2. The van der Waals surface area contributed by atoms with Crippen molar-refractivity contribution in [1.82, 2.24) is 0 Å². The molecule has 0 amide bonds. The lowest BCUT2D eigenvalue weighted by molar-refractivity contribution is -0.142. The topological polar surface area (TPSA) is 87.7 Å². The van der Waals surface area contributed by atoms with Crippen LogP contribution in [-0.4, -0.2) is 22.2 Å². The minimum absolute atomic E-state index is 0.219. The number of aryl methyl sites for hydroxylation is 1. The molecule has 0 spiro atoms. The van der Waals surface area contributed by atoms with Crippen LogP contribution in [0.1, 0.15) is 28.1 Å². The van der Waals surface area contributed by atoms with Crippen LogP contribution in [0.25, 0.3) is 11.0 Å². The molecule has 1 heterocycles. The summed E-state index contributed by atoms with van der Waals surface area (Å²) in [6.45, 7) is 0. The monoisotopic (exact) mass is 260 g/mol. The lowest BCUT2D eigenvalue weighted by Gasteiger charge is -2.16. The molecule has 3 rings (SSSR count). The van der Waals surface area contributed by atoms with Crippen LogP contribution in [0.3, 0.4) is 0 Å². The number of aromatic carboxylic acids is 1. The molecule has 0 saturated heterocycles. The first-order valence-electron chi connectivity index (χ1n) is 6.06. The summed E-state index contributed by atoms with van der Waals surface area (Å²) in [5.41, 5.74) is 1.80. The van der Waals surface area contributed by atoms with Crippen LogP contribution in [0.15, 0.2) is 22.6 Å². The fraction of sp³-hybridized carbons (Fsp3) is 0.286. The molecule has 98 valence electrons. The third kappa shape index (κ3) is 1.87. The summed E-state index contributed by atoms with van der Waals surface area (Å²) in [7, 11) is 0. The number of benzene rings is 1. The quantitative estimate of drug-likeness (QED) is 0.865. The van der Waals surface area contributed by atoms with Gasteiger partial charge in [-0.15, -0.1) is 0 Å². The van der Waals surface area contributed by atoms with Crippen molar-refractivity contribution in [2.24, 2.45) is 5.92 Å². The number of hydrogen-bond donors (Lipinski definition) is 2. The predicted octanol–water partition coefficient (Wildman–Crippen LogP) is 2.32. The Morgan fingerprint density at radius 2 is 2.05 bits per heavy atom. The Morgan fingerprint density at radius 3 is 2.74 bits per heavy atom. The van der Waals surface area contributed by atoms with Crippen molar-refractivity contribution in [3.63, 3.8) is 0 Å². The predicted molar refractivity (Wildman–Crippen MR) is 66.3 cm³/mol. The molecule has 0 saturated carbocycles. The van der Waals surface area contributed by atoms with Crippen LogP contribution >= 0.6 is 0 Å². The summed E-state index contributed by atoms with van der Waals surface area (Å²) in [5.74, 6) is -1.52. The zero-order chi connectivity index (χ0) is 13.6. The number of hydrogen-bond acceptors (Lipinski definition) is 3. The molecular weight excluding hydrogens is 248 g/mol. The summed E-state index contributed by atoms with van der Waals surface area (Å²) in [6.07, 6.45) is 1.55. The van der Waals surface area contributed by atoms with Crippen LogP contribution in [0.2, 0.25) is 0 Å². The molecule has 2 N–H and O–H groups in total. The highest BCUT2D eigenvalue weighted by molar-refractivity contribution is 5.94. The van der Waals surface area contributed by atoms with Crippen molar-refractivity contribution in [3.8, 4) is 0 Å². The first-order valence-corrected chi connectivity index (χ1v) is 6.06. The van der Waals surface area contributed by atoms with Gasteiger partial charge in [0.05, 0.1) is 11.5 Å². The second-order valence-corrected chi connectivity index (χ2v) is 4.80. The van der Waals surface area contributed by atoms with Crippen molar-refractivity contribution in [1.29, 1.82) is 0 Å². The zero-order valence-electron chi connectivity index (χ0n) is 10.0. The Bertz CT molecular complexity index is 682. The Balaban J connectivity index is 2.09. The summed E-state index contributed by atoms with van der Waals surface area (Å²) in [5, 5.41) is 18.8. The van der Waals surface area contributed by atoms with Gasteiger partial charge in [-0.3, -0.25) is 4.79 Å². The molecule has 1 aliphatic rings. The second kappa shape index (κ2) is 4.12. The molecule has 2 aromatic rings. The fourth-order valence-electron chi connectivity index (χ4n) is 2.63. The second-order valence-electron chi connectivity index (χ2n) is 4.80. The SMILES string of the molecule is O=C(O)c1ccc2oc3c(c2c1)CCC(C(=O)O)C3. The van der Waals surface area contributed by atoms with Gasteiger partial charge in [0.25, 0.3) is 0 Å². The maximum absolute atomic E-state index is 11.0. The maximum Gasteiger partial charge on any atom is 0.335 e. The molecular formula is C14H12O5. The number of aliphatic carboxylic acids is 1. The fourth-order valence-corrected chi connectivity index (χ4v) is 2.63. The number of furan rings is 1. The summed E-state index contributed by atoms with van der Waals surface area (Å²) in [4.78, 5) is 22.0. The summed E-state index contributed by atoms with van der Waals surface area (Å²) < 4.78 is 5.65. The van der Waals surface area contributed by atoms with Gasteiger partial charge in [0.1, 0.15) is 11.3 Å². The van der Waals surface area contributed by atoms with Crippen LogP contribution < -0.4 is 0 Å². The van der Waals surface area contributed by atoms with E-state index < -0.39 is 17.9 Å². The first kappa shape index (κ1) is 11.8. The van der Waals surface area contributed by atoms with Gasteiger partial charge in [-0.05, 0) is 31.0 Å². The molecule has 0 aliphatic heterocycles. The van der Waals surface area contributed by atoms with Crippen LogP contribution in [0.4, 0.5) is 0 Å². The minimum atomic E-state index is -0.976. The van der Waals surface area contributed by atoms with E-state index in [0.717, 1.165) is 10.9 Å². The lowest BCUT2D eigenvalue weighted by Crippen LogP contribution is -2.21. The van der Waals surface area contributed by atoms with Crippen molar-refractivity contribution in [2.75, 3.05) is 0 Å². The Kier molecular flexibility index (Phi) is 2.55. The van der Waals surface area contributed by atoms with Gasteiger partial charge in [-0.1, -0.05) is 0 Å². The van der Waals surface area contributed by atoms with E-state index >= 15 is 0 Å². The molecule has 0 radical (unpaired) electrons. The average molecular weight is 260 g/mol. The molecule has 1 aliphatic carbocycles. The van der Waals surface area contributed by atoms with Gasteiger partial charge < -0.3 is 14.6 Å². The number of carboxylic acids is 2. The molecule has 1 aromatic carbocycles. The molecule has 0 fully saturated rings. The first-order chi connectivity index (χ1) is 9.06. The third-order valence-electron chi connectivity index (χ3n) is 3.65. The van der Waals surface area contributed by atoms with E-state index in [9.17, 15) is 9.59 Å². The van der Waals surface area contributed by atoms with E-state index in [1.165, 1.54) is 6.07 Å². The van der Waals surface area contributed by atoms with Gasteiger partial charge >= 0.3 is 11.9 Å². The standard InChI is InChI=1S/C14H12O5/c15-13(16)7-2-4-11-10(5-7)9-3-1-8(14(17)18)6-12(9)19-11/h2,4-5,8H,1,3,6H2,(H,15,16)(H,17,18). The Labute approximate surface area is 108 Å². The largest absolute Gasteiger partial charge is 0.481 e. The highest BCUT2D eigenvalue weighted by Gasteiger charge is 2.28.